The summed E-state index contributed by atoms with van der Waals surface area (Å²) < 4.78 is 35.2. The fourth-order valence-corrected chi connectivity index (χ4v) is 8.93. The zero-order valence-electron chi connectivity index (χ0n) is 21.2. The van der Waals surface area contributed by atoms with E-state index in [0.29, 0.717) is 28.9 Å². The van der Waals surface area contributed by atoms with Gasteiger partial charge in [0.15, 0.2) is 5.13 Å². The van der Waals surface area contributed by atoms with E-state index < -0.39 is 16.1 Å². The predicted molar refractivity (Wildman–Crippen MR) is 149 cm³/mol. The minimum Gasteiger partial charge on any atom is -0.379 e. The summed E-state index contributed by atoms with van der Waals surface area (Å²) in [5, 5.41) is 2.42. The van der Waals surface area contributed by atoms with Gasteiger partial charge in [-0.3, -0.25) is 14.6 Å². The van der Waals surface area contributed by atoms with Crippen molar-refractivity contribution in [2.24, 2.45) is 0 Å². The molecule has 4 heterocycles. The third-order valence-corrected chi connectivity index (χ3v) is 11.5. The second-order valence-electron chi connectivity index (χ2n) is 9.47. The molecule has 200 valence electrons. The number of rotatable bonds is 9. The summed E-state index contributed by atoms with van der Waals surface area (Å²) in [7, 11) is -3.74. The molecule has 0 saturated carbocycles. The van der Waals surface area contributed by atoms with Gasteiger partial charge >= 0.3 is 0 Å². The molecule has 0 N–H and O–H groups in total. The second-order valence-corrected chi connectivity index (χ2v) is 13.5. The number of carbonyl (C=O) groups is 1. The summed E-state index contributed by atoms with van der Waals surface area (Å²) in [5.74, 6) is -0.168. The van der Waals surface area contributed by atoms with Crippen molar-refractivity contribution in [2.45, 2.75) is 49.3 Å². The van der Waals surface area contributed by atoms with Gasteiger partial charge in [-0.2, -0.15) is 4.31 Å². The van der Waals surface area contributed by atoms with Crippen LogP contribution in [0, 0.1) is 0 Å². The molecule has 37 heavy (non-hydrogen) atoms. The van der Waals surface area contributed by atoms with Gasteiger partial charge in [-0.05, 0) is 48.8 Å². The van der Waals surface area contributed by atoms with E-state index in [9.17, 15) is 13.2 Å². The number of anilines is 1. The highest BCUT2D eigenvalue weighted by atomic mass is 32.2. The van der Waals surface area contributed by atoms with Crippen LogP contribution in [-0.4, -0.2) is 80.5 Å². The molecule has 2 aliphatic rings. The minimum absolute atomic E-state index is 0.168. The maximum atomic E-state index is 14.2. The summed E-state index contributed by atoms with van der Waals surface area (Å²) in [6.07, 6.45) is 3.75. The molecule has 2 saturated heterocycles. The van der Waals surface area contributed by atoms with Crippen molar-refractivity contribution in [3.8, 4) is 0 Å². The van der Waals surface area contributed by atoms with E-state index in [0.717, 1.165) is 74.3 Å². The van der Waals surface area contributed by atoms with E-state index in [1.807, 2.05) is 12.1 Å². The highest BCUT2D eigenvalue weighted by molar-refractivity contribution is 7.91. The first-order chi connectivity index (χ1) is 18.0. The van der Waals surface area contributed by atoms with Gasteiger partial charge in [-0.1, -0.05) is 42.9 Å². The Balaban J connectivity index is 1.44. The average Bonchev–Trinajstić information content (AvgIpc) is 3.62. The Morgan fingerprint density at radius 2 is 2.00 bits per heavy atom. The maximum Gasteiger partial charge on any atom is 0.253 e. The lowest BCUT2D eigenvalue weighted by atomic mass is 10.0. The van der Waals surface area contributed by atoms with Gasteiger partial charge in [-0.15, -0.1) is 11.3 Å². The number of carbonyl (C=O) groups excluding carboxylic acids is 1. The molecule has 0 bridgehead atoms. The van der Waals surface area contributed by atoms with Crippen molar-refractivity contribution in [3.63, 3.8) is 0 Å². The summed E-state index contributed by atoms with van der Waals surface area (Å²) in [6.45, 7) is 7.08. The third kappa shape index (κ3) is 5.76. The van der Waals surface area contributed by atoms with E-state index in [4.69, 9.17) is 9.72 Å². The highest BCUT2D eigenvalue weighted by Gasteiger charge is 2.40. The highest BCUT2D eigenvalue weighted by Crippen LogP contribution is 2.34. The number of fused-ring (bicyclic) bond motifs is 1. The third-order valence-electron chi connectivity index (χ3n) is 7.13. The molecule has 1 amide bonds. The van der Waals surface area contributed by atoms with Crippen LogP contribution in [0.25, 0.3) is 10.2 Å². The van der Waals surface area contributed by atoms with Gasteiger partial charge in [0.05, 0.1) is 23.4 Å². The summed E-state index contributed by atoms with van der Waals surface area (Å²) in [5.41, 5.74) is 2.09. The van der Waals surface area contributed by atoms with Gasteiger partial charge in [-0.25, -0.2) is 13.4 Å². The van der Waals surface area contributed by atoms with Crippen molar-refractivity contribution >= 4 is 54.0 Å². The normalized spacial score (nSPS) is 19.9. The second kappa shape index (κ2) is 11.9. The molecule has 1 aromatic carbocycles. The lowest BCUT2D eigenvalue weighted by molar-refractivity contribution is -0.123. The molecular weight excluding hydrogens is 529 g/mol. The number of sulfonamides is 1. The first-order valence-corrected chi connectivity index (χ1v) is 16.2. The van der Waals surface area contributed by atoms with Gasteiger partial charge in [0.2, 0.25) is 5.91 Å². The predicted octanol–water partition coefficient (Wildman–Crippen LogP) is 4.22. The number of ether oxygens (including phenoxy) is 1. The Morgan fingerprint density at radius 1 is 1.16 bits per heavy atom. The van der Waals surface area contributed by atoms with E-state index in [2.05, 4.69) is 17.9 Å². The Bertz CT molecular complexity index is 1300. The molecule has 2 aromatic heterocycles. The van der Waals surface area contributed by atoms with E-state index in [-0.39, 0.29) is 5.91 Å². The standard InChI is InChI=1S/C26H34N4O4S3/c1-2-20-8-5-10-22-24(20)27-26(36-22)29(13-7-12-28-15-17-34-18-16-28)25(31)21-9-3-4-14-30(21)37(32,33)23-11-6-19-35-23/h5-6,8,10-11,19,21H,2-4,7,9,12-18H2,1H3. The summed E-state index contributed by atoms with van der Waals surface area (Å²) in [4.78, 5) is 23.2. The van der Waals surface area contributed by atoms with Crippen LogP contribution < -0.4 is 4.90 Å². The molecule has 2 aliphatic heterocycles. The molecule has 3 aromatic rings. The fraction of sp³-hybridized carbons (Fsp3) is 0.538. The van der Waals surface area contributed by atoms with Gasteiger partial charge < -0.3 is 4.74 Å². The molecule has 8 nitrogen and oxygen atoms in total. The smallest absolute Gasteiger partial charge is 0.253 e. The summed E-state index contributed by atoms with van der Waals surface area (Å²) >= 11 is 2.71. The van der Waals surface area contributed by atoms with Crippen LogP contribution in [-0.2, 0) is 26.0 Å². The first-order valence-electron chi connectivity index (χ1n) is 13.0. The minimum atomic E-state index is -3.74. The zero-order valence-corrected chi connectivity index (χ0v) is 23.6. The molecule has 5 rings (SSSR count). The van der Waals surface area contributed by atoms with Crippen molar-refractivity contribution in [1.29, 1.82) is 0 Å². The van der Waals surface area contributed by atoms with Gasteiger partial charge in [0.1, 0.15) is 10.3 Å². The van der Waals surface area contributed by atoms with Crippen LogP contribution in [0.3, 0.4) is 0 Å². The molecule has 2 fully saturated rings. The number of piperidine rings is 1. The topological polar surface area (TPSA) is 83.0 Å². The number of aryl methyl sites for hydroxylation is 1. The Morgan fingerprint density at radius 3 is 2.76 bits per heavy atom. The molecule has 1 atom stereocenters. The van der Waals surface area contributed by atoms with E-state index in [1.54, 1.807) is 22.4 Å². The molecule has 11 heteroatoms. The number of aromatic nitrogens is 1. The number of hydrogen-bond donors (Lipinski definition) is 0. The largest absolute Gasteiger partial charge is 0.379 e. The lowest BCUT2D eigenvalue weighted by Crippen LogP contribution is -2.53. The molecular formula is C26H34N4O4S3. The fourth-order valence-electron chi connectivity index (χ4n) is 5.12. The number of morpholine rings is 1. The number of nitrogens with zero attached hydrogens (tertiary/aromatic N) is 4. The SMILES string of the molecule is CCc1cccc2sc(N(CCCN3CCOCC3)C(=O)C3CCCCN3S(=O)(=O)c3cccs3)nc12. The first kappa shape index (κ1) is 26.7. The molecule has 0 radical (unpaired) electrons. The van der Waals surface area contributed by atoms with Crippen molar-refractivity contribution in [3.05, 3.63) is 41.3 Å². The number of hydrogen-bond acceptors (Lipinski definition) is 8. The van der Waals surface area contributed by atoms with Crippen LogP contribution in [0.1, 0.15) is 38.2 Å². The number of para-hydroxylation sites is 1. The Hall–Kier alpha value is -1.89. The summed E-state index contributed by atoms with van der Waals surface area (Å²) in [6, 6.07) is 8.79. The maximum absolute atomic E-state index is 14.2. The lowest BCUT2D eigenvalue weighted by Gasteiger charge is -2.36. The van der Waals surface area contributed by atoms with Crippen molar-refractivity contribution < 1.29 is 17.9 Å². The molecule has 0 spiro atoms. The number of benzene rings is 1. The molecule has 0 aliphatic carbocycles. The average molecular weight is 563 g/mol. The zero-order chi connectivity index (χ0) is 25.8. The van der Waals surface area contributed by atoms with Crippen LogP contribution in [0.5, 0.6) is 0 Å². The molecule has 1 unspecified atom stereocenters. The van der Waals surface area contributed by atoms with E-state index >= 15 is 0 Å². The van der Waals surface area contributed by atoms with Crippen LogP contribution >= 0.6 is 22.7 Å². The number of amides is 1. The van der Waals surface area contributed by atoms with E-state index in [1.165, 1.54) is 27.0 Å². The number of thiazole rings is 1. The Kier molecular flexibility index (Phi) is 8.57. The quantitative estimate of drug-likeness (QED) is 0.388. The van der Waals surface area contributed by atoms with Crippen LogP contribution in [0.15, 0.2) is 39.9 Å². The Labute approximate surface area is 226 Å². The monoisotopic (exact) mass is 562 g/mol. The van der Waals surface area contributed by atoms with Gasteiger partial charge in [0, 0.05) is 32.7 Å². The van der Waals surface area contributed by atoms with Crippen LogP contribution in [0.2, 0.25) is 0 Å². The van der Waals surface area contributed by atoms with Crippen molar-refractivity contribution in [2.75, 3.05) is 50.8 Å². The van der Waals surface area contributed by atoms with Gasteiger partial charge in [0.25, 0.3) is 10.0 Å². The van der Waals surface area contributed by atoms with Crippen molar-refractivity contribution in [1.82, 2.24) is 14.2 Å². The van der Waals surface area contributed by atoms with Crippen LogP contribution in [0.4, 0.5) is 5.13 Å². The number of thiophene rings is 1.